The molecule has 0 spiro atoms. The van der Waals surface area contributed by atoms with Crippen molar-refractivity contribution >= 4 is 22.8 Å². The number of nitrogens with zero attached hydrogens (tertiary/aromatic N) is 1. The Hall–Kier alpha value is -3.22. The third-order valence-electron chi connectivity index (χ3n) is 5.55. The number of amides is 1. The summed E-state index contributed by atoms with van der Waals surface area (Å²) in [6.07, 6.45) is 1.50. The first-order valence-corrected chi connectivity index (χ1v) is 12.2. The Morgan fingerprint density at radius 1 is 0.939 bits per heavy atom. The van der Waals surface area contributed by atoms with Crippen LogP contribution in [0.3, 0.4) is 0 Å². The van der Waals surface area contributed by atoms with E-state index in [-0.39, 0.29) is 12.0 Å². The van der Waals surface area contributed by atoms with E-state index < -0.39 is 10.8 Å². The molecular formula is C27H27NO4S. The van der Waals surface area contributed by atoms with Crippen LogP contribution < -0.4 is 4.74 Å². The van der Waals surface area contributed by atoms with Crippen LogP contribution in [0.1, 0.15) is 22.8 Å². The lowest BCUT2D eigenvalue weighted by Gasteiger charge is -2.29. The van der Waals surface area contributed by atoms with Crippen molar-refractivity contribution in [1.82, 2.24) is 4.90 Å². The van der Waals surface area contributed by atoms with Gasteiger partial charge in [-0.15, -0.1) is 0 Å². The molecular weight excluding hydrogens is 434 g/mol. The molecule has 1 aliphatic rings. The van der Waals surface area contributed by atoms with E-state index in [2.05, 4.69) is 0 Å². The van der Waals surface area contributed by atoms with Crippen LogP contribution in [0, 0.1) is 0 Å². The minimum Gasteiger partial charge on any atom is -0.497 e. The van der Waals surface area contributed by atoms with Crippen LogP contribution in [0.15, 0.2) is 89.8 Å². The van der Waals surface area contributed by atoms with Crippen LogP contribution in [0.5, 0.6) is 5.75 Å². The van der Waals surface area contributed by atoms with Gasteiger partial charge in [0.1, 0.15) is 16.8 Å². The van der Waals surface area contributed by atoms with Crippen molar-refractivity contribution in [3.8, 4) is 5.75 Å². The highest BCUT2D eigenvalue weighted by molar-refractivity contribution is 7.90. The molecule has 33 heavy (non-hydrogen) atoms. The average molecular weight is 462 g/mol. The van der Waals surface area contributed by atoms with Crippen molar-refractivity contribution in [3.63, 3.8) is 0 Å². The summed E-state index contributed by atoms with van der Waals surface area (Å²) in [5, 5.41) is 0. The van der Waals surface area contributed by atoms with Crippen LogP contribution in [0.4, 0.5) is 0 Å². The third kappa shape index (κ3) is 5.78. The van der Waals surface area contributed by atoms with E-state index in [4.69, 9.17) is 9.47 Å². The van der Waals surface area contributed by atoms with Crippen molar-refractivity contribution in [1.29, 1.82) is 0 Å². The first-order valence-electron chi connectivity index (χ1n) is 10.9. The summed E-state index contributed by atoms with van der Waals surface area (Å²) in [7, 11) is 0.292. The van der Waals surface area contributed by atoms with Gasteiger partial charge in [-0.25, -0.2) is 0 Å². The van der Waals surface area contributed by atoms with Gasteiger partial charge in [0.2, 0.25) is 0 Å². The fourth-order valence-electron chi connectivity index (χ4n) is 3.77. The Bertz CT molecular complexity index is 1070. The number of methoxy groups -OCH3 is 1. The van der Waals surface area contributed by atoms with Crippen molar-refractivity contribution in [2.45, 2.75) is 6.10 Å². The second-order valence-corrected chi connectivity index (χ2v) is 9.23. The van der Waals surface area contributed by atoms with E-state index >= 15 is 0 Å². The van der Waals surface area contributed by atoms with Gasteiger partial charge in [-0.2, -0.15) is 0 Å². The minimum absolute atomic E-state index is 0.199. The average Bonchev–Trinajstić information content (AvgIpc) is 2.87. The smallest absolute Gasteiger partial charge is 0.262 e. The van der Waals surface area contributed by atoms with Crippen molar-refractivity contribution < 1.29 is 18.5 Å². The van der Waals surface area contributed by atoms with Gasteiger partial charge in [0, 0.05) is 18.8 Å². The van der Waals surface area contributed by atoms with Gasteiger partial charge in [0.25, 0.3) is 5.91 Å². The number of carbonyl (C=O) groups is 1. The molecule has 0 N–H and O–H groups in total. The largest absolute Gasteiger partial charge is 0.497 e. The maximum absolute atomic E-state index is 13.1. The lowest BCUT2D eigenvalue weighted by Crippen LogP contribution is -2.43. The zero-order valence-corrected chi connectivity index (χ0v) is 19.4. The number of hydrogen-bond donors (Lipinski definition) is 0. The first-order chi connectivity index (χ1) is 16.2. The Morgan fingerprint density at radius 2 is 1.55 bits per heavy atom. The molecule has 1 atom stereocenters. The molecule has 3 aromatic carbocycles. The predicted octanol–water partition coefficient (Wildman–Crippen LogP) is 4.43. The number of ether oxygens (including phenoxy) is 2. The van der Waals surface area contributed by atoms with Crippen molar-refractivity contribution in [3.05, 3.63) is 107 Å². The molecule has 0 radical (unpaired) electrons. The molecule has 0 aliphatic carbocycles. The molecule has 1 fully saturated rings. The van der Waals surface area contributed by atoms with Gasteiger partial charge in [-0.3, -0.25) is 9.00 Å². The maximum atomic E-state index is 13.1. The molecule has 1 saturated heterocycles. The standard InChI is InChI=1S/C27H27NO4S/c1-31-24-14-12-21(13-15-24)20-25-27(29)28(17-19-33(25)30)16-18-32-26(22-8-4-2-5-9-22)23-10-6-3-7-11-23/h2-15,20,26H,16-19H2,1H3. The quantitative estimate of drug-likeness (QED) is 0.466. The number of hydrogen-bond acceptors (Lipinski definition) is 4. The van der Waals surface area contributed by atoms with Gasteiger partial charge in [0.15, 0.2) is 0 Å². The monoisotopic (exact) mass is 461 g/mol. The normalized spacial score (nSPS) is 17.5. The zero-order valence-electron chi connectivity index (χ0n) is 18.6. The van der Waals surface area contributed by atoms with E-state index in [1.807, 2.05) is 84.9 Å². The minimum atomic E-state index is -1.31. The second-order valence-electron chi connectivity index (χ2n) is 7.70. The van der Waals surface area contributed by atoms with Gasteiger partial charge in [-0.05, 0) is 34.9 Å². The lowest BCUT2D eigenvalue weighted by atomic mass is 10.0. The molecule has 1 aliphatic heterocycles. The van der Waals surface area contributed by atoms with Gasteiger partial charge < -0.3 is 14.4 Å². The van der Waals surface area contributed by atoms with E-state index in [1.165, 1.54) is 0 Å². The Kier molecular flexibility index (Phi) is 7.70. The second kappa shape index (κ2) is 11.1. The van der Waals surface area contributed by atoms with Gasteiger partial charge in [-0.1, -0.05) is 72.8 Å². The molecule has 170 valence electrons. The number of rotatable bonds is 8. The molecule has 0 aromatic heterocycles. The van der Waals surface area contributed by atoms with Crippen molar-refractivity contribution in [2.24, 2.45) is 0 Å². The summed E-state index contributed by atoms with van der Waals surface area (Å²) in [4.78, 5) is 15.1. The van der Waals surface area contributed by atoms with Crippen LogP contribution in [-0.4, -0.2) is 47.6 Å². The van der Waals surface area contributed by atoms with E-state index in [0.29, 0.717) is 30.4 Å². The topological polar surface area (TPSA) is 55.8 Å². The molecule has 1 unspecified atom stereocenters. The Labute approximate surface area is 197 Å². The summed E-state index contributed by atoms with van der Waals surface area (Å²) in [5.41, 5.74) is 2.95. The molecule has 1 amide bonds. The van der Waals surface area contributed by atoms with Crippen LogP contribution in [0.25, 0.3) is 6.08 Å². The summed E-state index contributed by atoms with van der Waals surface area (Å²) >= 11 is 0. The molecule has 4 rings (SSSR count). The van der Waals surface area contributed by atoms with Crippen LogP contribution >= 0.6 is 0 Å². The fourth-order valence-corrected chi connectivity index (χ4v) is 4.97. The number of benzene rings is 3. The maximum Gasteiger partial charge on any atom is 0.262 e. The van der Waals surface area contributed by atoms with Gasteiger partial charge in [0.05, 0.1) is 24.5 Å². The molecule has 1 heterocycles. The molecule has 0 saturated carbocycles. The zero-order chi connectivity index (χ0) is 23.0. The van der Waals surface area contributed by atoms with Crippen molar-refractivity contribution in [2.75, 3.05) is 32.6 Å². The Balaban J connectivity index is 1.44. The molecule has 0 bridgehead atoms. The third-order valence-corrected chi connectivity index (χ3v) is 6.89. The van der Waals surface area contributed by atoms with E-state index in [1.54, 1.807) is 18.1 Å². The summed E-state index contributed by atoms with van der Waals surface area (Å²) in [5.74, 6) is 0.961. The highest BCUT2D eigenvalue weighted by Crippen LogP contribution is 2.26. The summed E-state index contributed by atoms with van der Waals surface area (Å²) in [6, 6.07) is 27.5. The van der Waals surface area contributed by atoms with Crippen LogP contribution in [0.2, 0.25) is 0 Å². The molecule has 3 aromatic rings. The molecule has 5 nitrogen and oxygen atoms in total. The molecule has 6 heteroatoms. The highest BCUT2D eigenvalue weighted by atomic mass is 32.2. The highest BCUT2D eigenvalue weighted by Gasteiger charge is 2.29. The lowest BCUT2D eigenvalue weighted by molar-refractivity contribution is -0.127. The van der Waals surface area contributed by atoms with Crippen LogP contribution in [-0.2, 0) is 20.3 Å². The SMILES string of the molecule is COc1ccc(C=C2C(=O)N(CCOC(c3ccccc3)c3ccccc3)CCS2=O)cc1. The predicted molar refractivity (Wildman–Crippen MR) is 131 cm³/mol. The van der Waals surface area contributed by atoms with E-state index in [0.717, 1.165) is 22.4 Å². The number of carbonyl (C=O) groups excluding carboxylic acids is 1. The fraction of sp³-hybridized carbons (Fsp3) is 0.222. The first kappa shape index (κ1) is 23.0. The van der Waals surface area contributed by atoms with Gasteiger partial charge >= 0.3 is 0 Å². The summed E-state index contributed by atoms with van der Waals surface area (Å²) in [6.45, 7) is 1.27. The van der Waals surface area contributed by atoms with E-state index in [9.17, 15) is 9.00 Å². The summed E-state index contributed by atoms with van der Waals surface area (Å²) < 4.78 is 24.0. The Morgan fingerprint density at radius 3 is 2.12 bits per heavy atom.